The van der Waals surface area contributed by atoms with Crippen LogP contribution < -0.4 is 0 Å². The number of hydrogen-bond donors (Lipinski definition) is 2. The lowest BCUT2D eigenvalue weighted by Gasteiger charge is -2.32. The molecule has 0 amide bonds. The summed E-state index contributed by atoms with van der Waals surface area (Å²) >= 11 is 0. The largest absolute Gasteiger partial charge is 0.508 e. The molecule has 0 saturated carbocycles. The van der Waals surface area contributed by atoms with Gasteiger partial charge in [-0.15, -0.1) is 0 Å². The Hall–Kier alpha value is -2.84. The van der Waals surface area contributed by atoms with Crippen molar-refractivity contribution in [3.63, 3.8) is 0 Å². The maximum absolute atomic E-state index is 11.8. The predicted molar refractivity (Wildman–Crippen MR) is 121 cm³/mol. The summed E-state index contributed by atoms with van der Waals surface area (Å²) in [7, 11) is 0. The van der Waals surface area contributed by atoms with E-state index in [2.05, 4.69) is 6.58 Å². The molecule has 0 aromatic heterocycles. The van der Waals surface area contributed by atoms with Crippen LogP contribution in [-0.2, 0) is 5.60 Å². The normalized spacial score (nSPS) is 17.6. The summed E-state index contributed by atoms with van der Waals surface area (Å²) in [5.41, 5.74) is 2.71. The molecule has 1 aliphatic carbocycles. The first kappa shape index (κ1) is 23.2. The van der Waals surface area contributed by atoms with Gasteiger partial charge in [0.15, 0.2) is 0 Å². The second-order valence-electron chi connectivity index (χ2n) is 5.75. The molecule has 3 rings (SSSR count). The van der Waals surface area contributed by atoms with Gasteiger partial charge in [-0.3, -0.25) is 0 Å². The van der Waals surface area contributed by atoms with Gasteiger partial charge in [-0.1, -0.05) is 101 Å². The Balaban J connectivity index is 0.000000921. The van der Waals surface area contributed by atoms with Crippen LogP contribution in [0.1, 0.15) is 51.3 Å². The Morgan fingerprint density at radius 3 is 2.07 bits per heavy atom. The number of aromatic hydroxyl groups is 1. The van der Waals surface area contributed by atoms with E-state index >= 15 is 0 Å². The van der Waals surface area contributed by atoms with Crippen LogP contribution in [0.5, 0.6) is 5.75 Å². The molecule has 0 heterocycles. The Morgan fingerprint density at radius 1 is 0.893 bits per heavy atom. The van der Waals surface area contributed by atoms with E-state index in [4.69, 9.17) is 0 Å². The Morgan fingerprint density at radius 2 is 1.50 bits per heavy atom. The van der Waals surface area contributed by atoms with Crippen molar-refractivity contribution in [2.75, 3.05) is 0 Å². The molecule has 2 aromatic carbocycles. The average molecular weight is 377 g/mol. The highest BCUT2D eigenvalue weighted by molar-refractivity contribution is 5.69. The summed E-state index contributed by atoms with van der Waals surface area (Å²) in [6, 6.07) is 14.4. The van der Waals surface area contributed by atoms with Crippen molar-refractivity contribution in [3.8, 4) is 5.75 Å². The first-order valence-electron chi connectivity index (χ1n) is 9.90. The van der Waals surface area contributed by atoms with Gasteiger partial charge in [0.2, 0.25) is 0 Å². The molecule has 2 heteroatoms. The molecular formula is C26H32O2. The fourth-order valence-electron chi connectivity index (χ4n) is 3.20. The zero-order chi connectivity index (χ0) is 21.2. The fraction of sp³-hybridized carbons (Fsp3) is 0.231. The Bertz CT molecular complexity index is 854. The van der Waals surface area contributed by atoms with E-state index < -0.39 is 5.60 Å². The average Bonchev–Trinajstić information content (AvgIpc) is 2.87. The van der Waals surface area contributed by atoms with Crippen LogP contribution in [0.15, 0.2) is 90.6 Å². The van der Waals surface area contributed by atoms with E-state index in [9.17, 15) is 10.2 Å². The zero-order valence-corrected chi connectivity index (χ0v) is 17.6. The molecule has 0 fully saturated rings. The molecule has 0 aliphatic heterocycles. The maximum atomic E-state index is 11.8. The number of rotatable bonds is 3. The quantitative estimate of drug-likeness (QED) is 0.621. The van der Waals surface area contributed by atoms with E-state index in [0.717, 1.165) is 16.7 Å². The van der Waals surface area contributed by atoms with Gasteiger partial charge in [-0.2, -0.15) is 0 Å². The van der Waals surface area contributed by atoms with Gasteiger partial charge in [0.05, 0.1) is 0 Å². The summed E-state index contributed by atoms with van der Waals surface area (Å²) in [4.78, 5) is 0. The molecule has 28 heavy (non-hydrogen) atoms. The van der Waals surface area contributed by atoms with Crippen LogP contribution in [0, 0.1) is 0 Å². The Labute approximate surface area is 169 Å². The highest BCUT2D eigenvalue weighted by atomic mass is 16.3. The molecule has 0 bridgehead atoms. The summed E-state index contributed by atoms with van der Waals surface area (Å²) in [6.45, 7) is 13.9. The number of allylic oxidation sites excluding steroid dienone is 4. The lowest BCUT2D eigenvalue weighted by atomic mass is 9.77. The summed E-state index contributed by atoms with van der Waals surface area (Å²) in [5.74, 6) is 0.167. The van der Waals surface area contributed by atoms with Gasteiger partial charge in [0.25, 0.3) is 0 Å². The standard InChI is InChI=1S/C22H20O2.2C2H6/c1-3-7-16-10-11-17-8-5-6-9-21(17)22(24,20(16)4-2)18-12-14-19(23)15-13-18;2*1-2/h3-15,23-24H,2H2,1H3;2*1-2H3/b7-3-;;. The monoisotopic (exact) mass is 376 g/mol. The van der Waals surface area contributed by atoms with Gasteiger partial charge < -0.3 is 10.2 Å². The highest BCUT2D eigenvalue weighted by Gasteiger charge is 2.38. The van der Waals surface area contributed by atoms with Gasteiger partial charge in [0, 0.05) is 0 Å². The predicted octanol–water partition coefficient (Wildman–Crippen LogP) is 6.77. The number of fused-ring (bicyclic) bond motifs is 1. The number of aliphatic hydroxyl groups is 1. The van der Waals surface area contributed by atoms with E-state index in [1.54, 1.807) is 30.3 Å². The van der Waals surface area contributed by atoms with E-state index in [-0.39, 0.29) is 5.75 Å². The SMILES string of the molecule is C=CC1=C(/C=C\C)C=Cc2ccccc2C1(O)c1ccc(O)cc1.CC.CC. The molecule has 2 N–H and O–H groups in total. The van der Waals surface area contributed by atoms with Crippen LogP contribution in [0.2, 0.25) is 0 Å². The molecule has 1 unspecified atom stereocenters. The van der Waals surface area contributed by atoms with Crippen molar-refractivity contribution in [1.29, 1.82) is 0 Å². The molecular weight excluding hydrogens is 344 g/mol. The summed E-state index contributed by atoms with van der Waals surface area (Å²) in [5, 5.41) is 21.4. The fourth-order valence-corrected chi connectivity index (χ4v) is 3.20. The molecule has 1 aliphatic rings. The molecule has 0 spiro atoms. The minimum atomic E-state index is -1.34. The molecule has 2 nitrogen and oxygen atoms in total. The number of hydrogen-bond acceptors (Lipinski definition) is 2. The van der Waals surface area contributed by atoms with Crippen molar-refractivity contribution in [2.45, 2.75) is 40.2 Å². The van der Waals surface area contributed by atoms with Gasteiger partial charge in [-0.25, -0.2) is 0 Å². The second-order valence-corrected chi connectivity index (χ2v) is 5.75. The van der Waals surface area contributed by atoms with E-state index in [1.165, 1.54) is 0 Å². The molecule has 2 aromatic rings. The summed E-state index contributed by atoms with van der Waals surface area (Å²) in [6.07, 6.45) is 9.61. The lowest BCUT2D eigenvalue weighted by Crippen LogP contribution is -2.30. The van der Waals surface area contributed by atoms with E-state index in [1.807, 2.05) is 83.2 Å². The molecule has 0 radical (unpaired) electrons. The molecule has 1 atom stereocenters. The van der Waals surface area contributed by atoms with Crippen LogP contribution in [0.4, 0.5) is 0 Å². The van der Waals surface area contributed by atoms with Gasteiger partial charge >= 0.3 is 0 Å². The van der Waals surface area contributed by atoms with Gasteiger partial charge in [0.1, 0.15) is 11.4 Å². The molecule has 0 saturated heterocycles. The third-order valence-corrected chi connectivity index (χ3v) is 4.33. The first-order valence-corrected chi connectivity index (χ1v) is 9.90. The van der Waals surface area contributed by atoms with Crippen molar-refractivity contribution < 1.29 is 10.2 Å². The van der Waals surface area contributed by atoms with Crippen LogP contribution in [0.3, 0.4) is 0 Å². The Kier molecular flexibility index (Phi) is 9.20. The van der Waals surface area contributed by atoms with Crippen molar-refractivity contribution in [1.82, 2.24) is 0 Å². The zero-order valence-electron chi connectivity index (χ0n) is 17.6. The lowest BCUT2D eigenvalue weighted by molar-refractivity contribution is 0.124. The van der Waals surface area contributed by atoms with Crippen molar-refractivity contribution in [3.05, 3.63) is 107 Å². The van der Waals surface area contributed by atoms with Gasteiger partial charge in [-0.05, 0) is 46.9 Å². The smallest absolute Gasteiger partial charge is 0.141 e. The topological polar surface area (TPSA) is 40.5 Å². The second kappa shape index (κ2) is 11.1. The van der Waals surface area contributed by atoms with Crippen molar-refractivity contribution in [2.24, 2.45) is 0 Å². The first-order chi connectivity index (χ1) is 13.6. The minimum Gasteiger partial charge on any atom is -0.508 e. The minimum absolute atomic E-state index is 0.167. The van der Waals surface area contributed by atoms with Crippen LogP contribution >= 0.6 is 0 Å². The van der Waals surface area contributed by atoms with Crippen LogP contribution in [0.25, 0.3) is 6.08 Å². The third kappa shape index (κ3) is 4.52. The maximum Gasteiger partial charge on any atom is 0.141 e. The van der Waals surface area contributed by atoms with E-state index in [0.29, 0.717) is 11.1 Å². The highest BCUT2D eigenvalue weighted by Crippen LogP contribution is 2.43. The third-order valence-electron chi connectivity index (χ3n) is 4.33. The number of phenols is 1. The molecule has 148 valence electrons. The summed E-state index contributed by atoms with van der Waals surface area (Å²) < 4.78 is 0. The number of phenolic OH excluding ortho intramolecular Hbond substituents is 1. The number of benzene rings is 2. The van der Waals surface area contributed by atoms with Crippen molar-refractivity contribution >= 4 is 6.08 Å². The van der Waals surface area contributed by atoms with Crippen LogP contribution in [-0.4, -0.2) is 10.2 Å².